The van der Waals surface area contributed by atoms with Crippen molar-refractivity contribution >= 4 is 17.5 Å². The lowest BCUT2D eigenvalue weighted by atomic mass is 10.1. The van der Waals surface area contributed by atoms with E-state index in [0.717, 1.165) is 18.6 Å². The van der Waals surface area contributed by atoms with Crippen molar-refractivity contribution in [1.29, 1.82) is 0 Å². The second-order valence-electron chi connectivity index (χ2n) is 4.13. The maximum absolute atomic E-state index is 13.8. The Hall–Kier alpha value is -2.44. The maximum Gasteiger partial charge on any atom is 0.258 e. The van der Waals surface area contributed by atoms with E-state index in [1.807, 2.05) is 6.92 Å². The van der Waals surface area contributed by atoms with Gasteiger partial charge in [0.1, 0.15) is 17.3 Å². The molecule has 0 unspecified atom stereocenters. The van der Waals surface area contributed by atoms with E-state index in [0.29, 0.717) is 6.54 Å². The molecule has 1 heterocycles. The molecule has 0 fully saturated rings. The Kier molecular flexibility index (Phi) is 4.29. The van der Waals surface area contributed by atoms with Gasteiger partial charge in [-0.3, -0.25) is 10.1 Å². The molecule has 0 spiro atoms. The minimum Gasteiger partial charge on any atom is -0.380 e. The number of halogens is 2. The van der Waals surface area contributed by atoms with Gasteiger partial charge in [-0.2, -0.15) is 0 Å². The summed E-state index contributed by atoms with van der Waals surface area (Å²) in [6, 6.07) is 1.97. The van der Waals surface area contributed by atoms with Crippen LogP contribution in [0, 0.1) is 11.6 Å². The van der Waals surface area contributed by atoms with Crippen LogP contribution in [0.3, 0.4) is 0 Å². The van der Waals surface area contributed by atoms with Gasteiger partial charge in [0.25, 0.3) is 5.91 Å². The minimum atomic E-state index is -0.803. The topological polar surface area (TPSA) is 69.8 Å². The predicted molar refractivity (Wildman–Crippen MR) is 71.7 cm³/mol. The van der Waals surface area contributed by atoms with Gasteiger partial charge in [0.05, 0.1) is 0 Å². The molecule has 7 heteroatoms. The molecule has 0 atom stereocenters. The largest absolute Gasteiger partial charge is 0.380 e. The third kappa shape index (κ3) is 3.11. The van der Waals surface area contributed by atoms with E-state index in [-0.39, 0.29) is 17.2 Å². The zero-order valence-electron chi connectivity index (χ0n) is 10.8. The SMILES string of the molecule is CCCNc1c(F)cc(C(=O)Nc2ncc[nH]2)cc1F. The number of aromatic amines is 1. The highest BCUT2D eigenvalue weighted by Crippen LogP contribution is 2.21. The average molecular weight is 280 g/mol. The molecule has 1 aromatic carbocycles. The molecule has 3 N–H and O–H groups in total. The Balaban J connectivity index is 2.18. The van der Waals surface area contributed by atoms with Crippen LogP contribution < -0.4 is 10.6 Å². The van der Waals surface area contributed by atoms with Crippen molar-refractivity contribution in [3.8, 4) is 0 Å². The van der Waals surface area contributed by atoms with Crippen molar-refractivity contribution in [3.63, 3.8) is 0 Å². The summed E-state index contributed by atoms with van der Waals surface area (Å²) in [5, 5.41) is 5.04. The van der Waals surface area contributed by atoms with Gasteiger partial charge in [0, 0.05) is 24.5 Å². The minimum absolute atomic E-state index is 0.113. The third-order valence-electron chi connectivity index (χ3n) is 2.59. The Morgan fingerprint density at radius 2 is 2.05 bits per heavy atom. The smallest absolute Gasteiger partial charge is 0.258 e. The van der Waals surface area contributed by atoms with E-state index in [2.05, 4.69) is 20.6 Å². The van der Waals surface area contributed by atoms with Gasteiger partial charge in [-0.25, -0.2) is 13.8 Å². The molecule has 1 amide bonds. The molecule has 0 saturated heterocycles. The van der Waals surface area contributed by atoms with Crippen molar-refractivity contribution < 1.29 is 13.6 Å². The summed E-state index contributed by atoms with van der Waals surface area (Å²) >= 11 is 0. The second kappa shape index (κ2) is 6.14. The molecule has 106 valence electrons. The normalized spacial score (nSPS) is 10.3. The highest BCUT2D eigenvalue weighted by Gasteiger charge is 2.15. The lowest BCUT2D eigenvalue weighted by molar-refractivity contribution is 0.102. The first-order chi connectivity index (χ1) is 9.61. The van der Waals surface area contributed by atoms with Gasteiger partial charge >= 0.3 is 0 Å². The number of hydrogen-bond donors (Lipinski definition) is 3. The number of nitrogens with one attached hydrogen (secondary N) is 3. The van der Waals surface area contributed by atoms with Crippen LogP contribution in [0.1, 0.15) is 23.7 Å². The van der Waals surface area contributed by atoms with Crippen LogP contribution in [-0.4, -0.2) is 22.4 Å². The van der Waals surface area contributed by atoms with Crippen LogP contribution in [0.25, 0.3) is 0 Å². The van der Waals surface area contributed by atoms with E-state index in [4.69, 9.17) is 0 Å². The number of rotatable bonds is 5. The number of aromatic nitrogens is 2. The number of anilines is 2. The lowest BCUT2D eigenvalue weighted by Crippen LogP contribution is -2.14. The molecule has 0 aliphatic rings. The average Bonchev–Trinajstić information content (AvgIpc) is 2.90. The molecule has 0 aliphatic carbocycles. The number of imidazole rings is 1. The number of H-pyrrole nitrogens is 1. The quantitative estimate of drug-likeness (QED) is 0.788. The predicted octanol–water partition coefficient (Wildman–Crippen LogP) is 2.76. The van der Waals surface area contributed by atoms with Crippen LogP contribution in [0.15, 0.2) is 24.5 Å². The monoisotopic (exact) mass is 280 g/mol. The summed E-state index contributed by atoms with van der Waals surface area (Å²) in [4.78, 5) is 18.3. The molecule has 1 aromatic heterocycles. The van der Waals surface area contributed by atoms with E-state index in [1.165, 1.54) is 12.4 Å². The van der Waals surface area contributed by atoms with Gasteiger partial charge in [0.15, 0.2) is 0 Å². The fourth-order valence-electron chi connectivity index (χ4n) is 1.64. The molecule has 0 bridgehead atoms. The standard InChI is InChI=1S/C13H14F2N4O/c1-2-3-16-11-9(14)6-8(7-10(11)15)12(20)19-13-17-4-5-18-13/h4-7,16H,2-3H2,1H3,(H2,17,18,19,20). The molecule has 0 radical (unpaired) electrons. The molecular weight excluding hydrogens is 266 g/mol. The Morgan fingerprint density at radius 1 is 1.35 bits per heavy atom. The summed E-state index contributed by atoms with van der Waals surface area (Å²) in [5.74, 6) is -2.03. The fourth-order valence-corrected chi connectivity index (χ4v) is 1.64. The Morgan fingerprint density at radius 3 is 2.60 bits per heavy atom. The second-order valence-corrected chi connectivity index (χ2v) is 4.13. The summed E-state index contributed by atoms with van der Waals surface area (Å²) in [6.07, 6.45) is 3.71. The Bertz CT molecular complexity index is 575. The molecular formula is C13H14F2N4O. The number of nitrogens with zero attached hydrogens (tertiary/aromatic N) is 1. The number of benzene rings is 1. The summed E-state index contributed by atoms with van der Waals surface area (Å²) in [5.41, 5.74) is -0.333. The Labute approximate surface area is 114 Å². The summed E-state index contributed by atoms with van der Waals surface area (Å²) < 4.78 is 27.5. The third-order valence-corrected chi connectivity index (χ3v) is 2.59. The van der Waals surface area contributed by atoms with Gasteiger partial charge in [-0.15, -0.1) is 0 Å². The van der Waals surface area contributed by atoms with E-state index < -0.39 is 17.5 Å². The first-order valence-electron chi connectivity index (χ1n) is 6.15. The van der Waals surface area contributed by atoms with Gasteiger partial charge < -0.3 is 10.3 Å². The molecule has 0 saturated carbocycles. The molecule has 5 nitrogen and oxygen atoms in total. The molecule has 20 heavy (non-hydrogen) atoms. The van der Waals surface area contributed by atoms with Crippen LogP contribution in [-0.2, 0) is 0 Å². The van der Waals surface area contributed by atoms with Crippen molar-refractivity contribution in [3.05, 3.63) is 41.7 Å². The highest BCUT2D eigenvalue weighted by atomic mass is 19.1. The van der Waals surface area contributed by atoms with Crippen LogP contribution in [0.4, 0.5) is 20.4 Å². The molecule has 0 aliphatic heterocycles. The van der Waals surface area contributed by atoms with Crippen LogP contribution >= 0.6 is 0 Å². The number of amides is 1. The maximum atomic E-state index is 13.8. The highest BCUT2D eigenvalue weighted by molar-refractivity contribution is 6.03. The van der Waals surface area contributed by atoms with Crippen molar-refractivity contribution in [2.75, 3.05) is 17.2 Å². The zero-order chi connectivity index (χ0) is 14.5. The van der Waals surface area contributed by atoms with E-state index in [1.54, 1.807) is 0 Å². The zero-order valence-corrected chi connectivity index (χ0v) is 10.8. The van der Waals surface area contributed by atoms with Gasteiger partial charge in [-0.05, 0) is 18.6 Å². The molecule has 2 rings (SSSR count). The summed E-state index contributed by atoms with van der Waals surface area (Å²) in [7, 11) is 0. The lowest BCUT2D eigenvalue weighted by Gasteiger charge is -2.09. The number of carbonyl (C=O) groups is 1. The van der Waals surface area contributed by atoms with E-state index in [9.17, 15) is 13.6 Å². The number of hydrogen-bond acceptors (Lipinski definition) is 3. The molecule has 2 aromatic rings. The number of carbonyl (C=O) groups excluding carboxylic acids is 1. The van der Waals surface area contributed by atoms with Crippen LogP contribution in [0.2, 0.25) is 0 Å². The fraction of sp³-hybridized carbons (Fsp3) is 0.231. The van der Waals surface area contributed by atoms with Crippen molar-refractivity contribution in [1.82, 2.24) is 9.97 Å². The first-order valence-corrected chi connectivity index (χ1v) is 6.15. The van der Waals surface area contributed by atoms with Crippen molar-refractivity contribution in [2.24, 2.45) is 0 Å². The van der Waals surface area contributed by atoms with Gasteiger partial charge in [-0.1, -0.05) is 6.92 Å². The summed E-state index contributed by atoms with van der Waals surface area (Å²) in [6.45, 7) is 2.33. The van der Waals surface area contributed by atoms with Crippen molar-refractivity contribution in [2.45, 2.75) is 13.3 Å². The van der Waals surface area contributed by atoms with Crippen LogP contribution in [0.5, 0.6) is 0 Å². The first kappa shape index (κ1) is 14.0. The van der Waals surface area contributed by atoms with E-state index >= 15 is 0 Å². The van der Waals surface area contributed by atoms with Gasteiger partial charge in [0.2, 0.25) is 5.95 Å².